The predicted octanol–water partition coefficient (Wildman–Crippen LogP) is 0.863. The van der Waals surface area contributed by atoms with E-state index in [0.717, 1.165) is 24.8 Å². The van der Waals surface area contributed by atoms with Gasteiger partial charge in [-0.3, -0.25) is 14.4 Å². The molecule has 134 valence electrons. The van der Waals surface area contributed by atoms with Crippen LogP contribution in [0.15, 0.2) is 30.3 Å². The van der Waals surface area contributed by atoms with Gasteiger partial charge in [-0.05, 0) is 31.2 Å². The van der Waals surface area contributed by atoms with E-state index < -0.39 is 6.04 Å². The standard InChI is InChI=1S/C19H25N3O3/c23-17(12-14-6-2-1-3-7-14)22-11-5-8-15(13-22)18(24)21-16-9-4-10-20-19(16)25/h1-3,6-7,15-16H,4-5,8-13H2,(H,20,25)(H,21,24)/t15-,16+/m0/s1. The smallest absolute Gasteiger partial charge is 0.242 e. The number of carbonyl (C=O) groups excluding carboxylic acids is 3. The van der Waals surface area contributed by atoms with Crippen molar-refractivity contribution in [1.29, 1.82) is 0 Å². The Morgan fingerprint density at radius 3 is 2.72 bits per heavy atom. The Balaban J connectivity index is 1.54. The van der Waals surface area contributed by atoms with Crippen LogP contribution in [0.4, 0.5) is 0 Å². The van der Waals surface area contributed by atoms with E-state index in [1.54, 1.807) is 4.90 Å². The first-order valence-electron chi connectivity index (χ1n) is 9.03. The zero-order chi connectivity index (χ0) is 17.6. The van der Waals surface area contributed by atoms with Crippen LogP contribution < -0.4 is 10.6 Å². The monoisotopic (exact) mass is 343 g/mol. The molecule has 0 unspecified atom stereocenters. The predicted molar refractivity (Wildman–Crippen MR) is 93.6 cm³/mol. The molecule has 0 spiro atoms. The fraction of sp³-hybridized carbons (Fsp3) is 0.526. The molecular weight excluding hydrogens is 318 g/mol. The van der Waals surface area contributed by atoms with Crippen LogP contribution in [0.5, 0.6) is 0 Å². The van der Waals surface area contributed by atoms with Crippen LogP contribution >= 0.6 is 0 Å². The van der Waals surface area contributed by atoms with Crippen molar-refractivity contribution < 1.29 is 14.4 Å². The summed E-state index contributed by atoms with van der Waals surface area (Å²) in [5, 5.41) is 5.64. The molecular formula is C19H25N3O3. The van der Waals surface area contributed by atoms with Gasteiger partial charge in [0, 0.05) is 19.6 Å². The molecule has 2 aliphatic heterocycles. The van der Waals surface area contributed by atoms with Crippen LogP contribution in [0, 0.1) is 5.92 Å². The van der Waals surface area contributed by atoms with E-state index >= 15 is 0 Å². The Bertz CT molecular complexity index is 632. The summed E-state index contributed by atoms with van der Waals surface area (Å²) in [6.45, 7) is 1.81. The van der Waals surface area contributed by atoms with Gasteiger partial charge < -0.3 is 15.5 Å². The van der Waals surface area contributed by atoms with E-state index in [0.29, 0.717) is 32.5 Å². The number of hydrogen-bond donors (Lipinski definition) is 2. The Labute approximate surface area is 148 Å². The van der Waals surface area contributed by atoms with Crippen molar-refractivity contribution >= 4 is 17.7 Å². The van der Waals surface area contributed by atoms with Gasteiger partial charge in [-0.2, -0.15) is 0 Å². The summed E-state index contributed by atoms with van der Waals surface area (Å²) in [6.07, 6.45) is 3.50. The number of rotatable bonds is 4. The summed E-state index contributed by atoms with van der Waals surface area (Å²) in [7, 11) is 0. The molecule has 0 saturated carbocycles. The zero-order valence-corrected chi connectivity index (χ0v) is 14.4. The van der Waals surface area contributed by atoms with Gasteiger partial charge in [0.25, 0.3) is 0 Å². The molecule has 2 fully saturated rings. The maximum atomic E-state index is 12.5. The lowest BCUT2D eigenvalue weighted by Crippen LogP contribution is -2.53. The molecule has 1 aromatic carbocycles. The third-order valence-electron chi connectivity index (χ3n) is 4.94. The molecule has 3 rings (SSSR count). The number of amides is 3. The lowest BCUT2D eigenvalue weighted by molar-refractivity contribution is -0.137. The highest BCUT2D eigenvalue weighted by molar-refractivity contribution is 5.89. The van der Waals surface area contributed by atoms with Crippen LogP contribution in [0.25, 0.3) is 0 Å². The van der Waals surface area contributed by atoms with E-state index in [2.05, 4.69) is 10.6 Å². The number of carbonyl (C=O) groups is 3. The molecule has 6 nitrogen and oxygen atoms in total. The van der Waals surface area contributed by atoms with Crippen LogP contribution in [-0.2, 0) is 20.8 Å². The van der Waals surface area contributed by atoms with E-state index in [1.165, 1.54) is 0 Å². The van der Waals surface area contributed by atoms with Gasteiger partial charge in [-0.1, -0.05) is 30.3 Å². The van der Waals surface area contributed by atoms with Crippen molar-refractivity contribution in [2.45, 2.75) is 38.1 Å². The van der Waals surface area contributed by atoms with Crippen molar-refractivity contribution in [2.24, 2.45) is 5.92 Å². The molecule has 3 amide bonds. The first kappa shape index (κ1) is 17.5. The molecule has 0 radical (unpaired) electrons. The average Bonchev–Trinajstić information content (AvgIpc) is 2.64. The van der Waals surface area contributed by atoms with E-state index in [1.807, 2.05) is 30.3 Å². The maximum Gasteiger partial charge on any atom is 0.242 e. The maximum absolute atomic E-state index is 12.5. The summed E-state index contributed by atoms with van der Waals surface area (Å²) in [5.74, 6) is -0.394. The molecule has 2 N–H and O–H groups in total. The largest absolute Gasteiger partial charge is 0.354 e. The molecule has 0 bridgehead atoms. The quantitative estimate of drug-likeness (QED) is 0.851. The van der Waals surface area contributed by atoms with Gasteiger partial charge in [0.05, 0.1) is 12.3 Å². The van der Waals surface area contributed by atoms with Crippen LogP contribution in [0.1, 0.15) is 31.2 Å². The number of piperidine rings is 2. The third-order valence-corrected chi connectivity index (χ3v) is 4.94. The van der Waals surface area contributed by atoms with Crippen LogP contribution in [0.3, 0.4) is 0 Å². The topological polar surface area (TPSA) is 78.5 Å². The van der Waals surface area contributed by atoms with Crippen molar-refractivity contribution in [3.8, 4) is 0 Å². The average molecular weight is 343 g/mol. The van der Waals surface area contributed by atoms with Gasteiger partial charge in [0.15, 0.2) is 0 Å². The first-order valence-corrected chi connectivity index (χ1v) is 9.03. The highest BCUT2D eigenvalue weighted by atomic mass is 16.2. The fourth-order valence-electron chi connectivity index (χ4n) is 3.50. The summed E-state index contributed by atoms with van der Waals surface area (Å²) >= 11 is 0. The van der Waals surface area contributed by atoms with Crippen LogP contribution in [-0.4, -0.2) is 48.3 Å². The van der Waals surface area contributed by atoms with E-state index in [4.69, 9.17) is 0 Å². The summed E-state index contributed by atoms with van der Waals surface area (Å²) < 4.78 is 0. The zero-order valence-electron chi connectivity index (χ0n) is 14.4. The lowest BCUT2D eigenvalue weighted by atomic mass is 9.95. The van der Waals surface area contributed by atoms with Gasteiger partial charge in [0.2, 0.25) is 17.7 Å². The minimum absolute atomic E-state index is 0.0547. The molecule has 1 aromatic rings. The van der Waals surface area contributed by atoms with Crippen molar-refractivity contribution in [1.82, 2.24) is 15.5 Å². The second-order valence-corrected chi connectivity index (χ2v) is 6.84. The van der Waals surface area contributed by atoms with Crippen molar-refractivity contribution in [2.75, 3.05) is 19.6 Å². The SMILES string of the molecule is O=C(N[C@@H]1CCCNC1=O)[C@H]1CCCN(C(=O)Cc2ccccc2)C1. The number of nitrogens with one attached hydrogen (secondary N) is 2. The number of benzene rings is 1. The summed E-state index contributed by atoms with van der Waals surface area (Å²) in [4.78, 5) is 38.6. The van der Waals surface area contributed by atoms with Crippen LogP contribution in [0.2, 0.25) is 0 Å². The third kappa shape index (κ3) is 4.59. The fourth-order valence-corrected chi connectivity index (χ4v) is 3.50. The Kier molecular flexibility index (Phi) is 5.68. The Morgan fingerprint density at radius 2 is 1.96 bits per heavy atom. The van der Waals surface area contributed by atoms with Gasteiger partial charge >= 0.3 is 0 Å². The normalized spacial score (nSPS) is 23.7. The summed E-state index contributed by atoms with van der Waals surface area (Å²) in [6, 6.07) is 9.21. The minimum atomic E-state index is -0.434. The van der Waals surface area contributed by atoms with Gasteiger partial charge in [-0.15, -0.1) is 0 Å². The molecule has 2 atom stereocenters. The highest BCUT2D eigenvalue weighted by Crippen LogP contribution is 2.18. The number of hydrogen-bond acceptors (Lipinski definition) is 3. The van der Waals surface area contributed by atoms with Crippen molar-refractivity contribution in [3.63, 3.8) is 0 Å². The molecule has 0 aliphatic carbocycles. The molecule has 6 heteroatoms. The first-order chi connectivity index (χ1) is 12.1. The number of nitrogens with zero attached hydrogens (tertiary/aromatic N) is 1. The molecule has 2 saturated heterocycles. The van der Waals surface area contributed by atoms with E-state index in [-0.39, 0.29) is 23.6 Å². The molecule has 25 heavy (non-hydrogen) atoms. The Hall–Kier alpha value is -2.37. The second-order valence-electron chi connectivity index (χ2n) is 6.84. The van der Waals surface area contributed by atoms with E-state index in [9.17, 15) is 14.4 Å². The lowest BCUT2D eigenvalue weighted by Gasteiger charge is -2.33. The van der Waals surface area contributed by atoms with Crippen molar-refractivity contribution in [3.05, 3.63) is 35.9 Å². The molecule has 0 aromatic heterocycles. The second kappa shape index (κ2) is 8.14. The highest BCUT2D eigenvalue weighted by Gasteiger charge is 2.31. The summed E-state index contributed by atoms with van der Waals surface area (Å²) in [5.41, 5.74) is 0.984. The minimum Gasteiger partial charge on any atom is -0.354 e. The van der Waals surface area contributed by atoms with Gasteiger partial charge in [0.1, 0.15) is 6.04 Å². The number of likely N-dealkylation sites (tertiary alicyclic amines) is 1. The Morgan fingerprint density at radius 1 is 1.16 bits per heavy atom. The van der Waals surface area contributed by atoms with Gasteiger partial charge in [-0.25, -0.2) is 0 Å². The molecule has 2 aliphatic rings. The molecule has 2 heterocycles.